The van der Waals surface area contributed by atoms with Gasteiger partial charge < -0.3 is 38.9 Å². The molecule has 2 amide bonds. The maximum Gasteiger partial charge on any atom is 0.319 e. The van der Waals surface area contributed by atoms with E-state index in [1.165, 1.54) is 17.0 Å². The molecule has 7 aromatic rings. The summed E-state index contributed by atoms with van der Waals surface area (Å²) in [6.45, 7) is 17.6. The molecule has 0 spiro atoms. The summed E-state index contributed by atoms with van der Waals surface area (Å²) in [6, 6.07) is 21.3. The molecule has 0 bridgehead atoms. The van der Waals surface area contributed by atoms with Gasteiger partial charge >= 0.3 is 6.01 Å². The standard InChI is InChI=1S/C60H66ClFN8O8S/c1-7-52(74)68-20-22-69(23-21-68)58-46-28-47(61)54(45-26-42(71)25-41-10-8-9-11-44(41)45)55(62)56(46)64-60(65-58)77-36(5)30-67-18-16-38(17-19-67)32-76-51-29-50(78-66-51)53(34(2)3)59(75)70-31-43(72)27-48(70)49(73)24-35(4)39-12-14-40(15-13-39)57-37(6)63-33-79-57/h7-15,25-26,28-29,33-36,38,43,48,53,71-72H,1,16-24,27,30-32H2,2-6H3/t35-,36-,43-,48+,53+/m1/s1. The highest BCUT2D eigenvalue weighted by Crippen LogP contribution is 2.43. The van der Waals surface area contributed by atoms with Gasteiger partial charge in [-0.1, -0.05) is 87.5 Å². The van der Waals surface area contributed by atoms with Crippen LogP contribution >= 0.6 is 22.9 Å². The number of amides is 2. The Bertz CT molecular complexity index is 3370. The number of ketones is 1. The highest BCUT2D eigenvalue weighted by atomic mass is 35.5. The first kappa shape index (κ1) is 55.3. The molecule has 16 nitrogen and oxygen atoms in total. The molecule has 2 N–H and O–H groups in total. The number of hydrogen-bond acceptors (Lipinski definition) is 15. The van der Waals surface area contributed by atoms with Crippen LogP contribution in [0.15, 0.2) is 95.5 Å². The van der Waals surface area contributed by atoms with Gasteiger partial charge in [-0.2, -0.15) is 9.97 Å². The minimum Gasteiger partial charge on any atom is -0.508 e. The second-order valence-corrected chi connectivity index (χ2v) is 22.9. The number of aliphatic hydroxyl groups is 1. The van der Waals surface area contributed by atoms with E-state index in [0.29, 0.717) is 67.2 Å². The number of aliphatic hydroxyl groups excluding tert-OH is 1. The van der Waals surface area contributed by atoms with E-state index in [1.54, 1.807) is 34.4 Å². The third-order valence-corrected chi connectivity index (χ3v) is 17.0. The summed E-state index contributed by atoms with van der Waals surface area (Å²) in [5.41, 5.74) is 5.45. The molecule has 3 aliphatic heterocycles. The van der Waals surface area contributed by atoms with E-state index >= 15 is 4.39 Å². The second kappa shape index (κ2) is 23.8. The number of benzene rings is 4. The first-order valence-electron chi connectivity index (χ1n) is 27.1. The fraction of sp³-hybridized carbons (Fsp3) is 0.417. The maximum atomic E-state index is 17.2. The number of aromatic hydroxyl groups is 1. The number of halogens is 2. The van der Waals surface area contributed by atoms with E-state index in [1.807, 2.05) is 81.4 Å². The van der Waals surface area contributed by atoms with Crippen LogP contribution in [0.5, 0.6) is 17.6 Å². The smallest absolute Gasteiger partial charge is 0.319 e. The third kappa shape index (κ3) is 12.0. The zero-order valence-corrected chi connectivity index (χ0v) is 46.7. The summed E-state index contributed by atoms with van der Waals surface area (Å²) in [4.78, 5) is 63.3. The number of carbonyl (C=O) groups excluding carboxylic acids is 3. The summed E-state index contributed by atoms with van der Waals surface area (Å²) < 4.78 is 35.6. The van der Waals surface area contributed by atoms with Crippen LogP contribution in [0.2, 0.25) is 5.02 Å². The number of β-amino-alcohol motifs (C(OH)–C–C–N with tert-alkyl or cyclic N) is 1. The van der Waals surface area contributed by atoms with Gasteiger partial charge in [-0.3, -0.25) is 19.3 Å². The number of anilines is 1. The van der Waals surface area contributed by atoms with Crippen LogP contribution in [0.3, 0.4) is 0 Å². The van der Waals surface area contributed by atoms with Crippen LogP contribution in [0, 0.1) is 24.6 Å². The lowest BCUT2D eigenvalue weighted by molar-refractivity contribution is -0.140. The molecule has 3 aliphatic rings. The molecule has 19 heteroatoms. The number of phenolic OH excluding ortho intramolecular Hbond substituents is 1. The monoisotopic (exact) mass is 1110 g/mol. The van der Waals surface area contributed by atoms with Crippen molar-refractivity contribution in [2.45, 2.75) is 90.4 Å². The number of aryl methyl sites for hydroxylation is 1. The lowest BCUT2D eigenvalue weighted by Gasteiger charge is -2.35. The molecule has 0 saturated carbocycles. The van der Waals surface area contributed by atoms with Crippen molar-refractivity contribution in [3.05, 3.63) is 119 Å². The molecule has 5 atom stereocenters. The number of rotatable bonds is 18. The van der Waals surface area contributed by atoms with Crippen LogP contribution in [0.4, 0.5) is 10.2 Å². The quantitative estimate of drug-likeness (QED) is 0.0773. The Hall–Kier alpha value is -6.99. The van der Waals surface area contributed by atoms with Crippen molar-refractivity contribution in [3.8, 4) is 39.2 Å². The van der Waals surface area contributed by atoms with Gasteiger partial charge in [0.2, 0.25) is 11.8 Å². The van der Waals surface area contributed by atoms with E-state index in [2.05, 4.69) is 38.7 Å². The Morgan fingerprint density at radius 2 is 1.71 bits per heavy atom. The summed E-state index contributed by atoms with van der Waals surface area (Å²) in [5.74, 6) is -1.00. The second-order valence-electron chi connectivity index (χ2n) is 21.6. The Labute approximate surface area is 467 Å². The van der Waals surface area contributed by atoms with Crippen molar-refractivity contribution in [3.63, 3.8) is 0 Å². The number of likely N-dealkylation sites (tertiary alicyclic amines) is 2. The van der Waals surface area contributed by atoms with E-state index in [4.69, 9.17) is 30.6 Å². The molecule has 3 saturated heterocycles. The molecule has 3 aromatic heterocycles. The zero-order valence-electron chi connectivity index (χ0n) is 45.1. The molecular formula is C60H66ClFN8O8S. The molecule has 3 fully saturated rings. The number of piperidine rings is 1. The first-order valence-corrected chi connectivity index (χ1v) is 28.4. The highest BCUT2D eigenvalue weighted by Gasteiger charge is 2.43. The number of piperazine rings is 1. The number of ether oxygens (including phenoxy) is 2. The SMILES string of the molecule is C=CC(=O)N1CCN(c2nc(O[C@H](C)CN3CCC(COc4cc([C@@H](C(=O)N5C[C@H](O)C[C@H]5C(=O)C[C@@H](C)c5ccc(-c6scnc6C)cc5)C(C)C)on4)CC3)nc3c(F)c(-c4cc(O)cc5ccccc45)c(Cl)cc23)CC1. The van der Waals surface area contributed by atoms with Gasteiger partial charge in [0.1, 0.15) is 29.1 Å². The third-order valence-electron chi connectivity index (χ3n) is 15.7. The average Bonchev–Trinajstić information content (AvgIpc) is 4.36. The minimum atomic E-state index is -0.818. The van der Waals surface area contributed by atoms with Crippen LogP contribution < -0.4 is 14.4 Å². The van der Waals surface area contributed by atoms with Crippen molar-refractivity contribution >= 4 is 68.0 Å². The molecule has 414 valence electrons. The van der Waals surface area contributed by atoms with E-state index in [-0.39, 0.29) is 88.5 Å². The van der Waals surface area contributed by atoms with E-state index < -0.39 is 30.0 Å². The van der Waals surface area contributed by atoms with Crippen LogP contribution in [0.25, 0.3) is 43.2 Å². The normalized spacial score (nSPS) is 18.6. The lowest BCUT2D eigenvalue weighted by atomic mass is 9.89. The maximum absolute atomic E-state index is 17.2. The number of nitrogens with zero attached hydrogens (tertiary/aromatic N) is 8. The fourth-order valence-electron chi connectivity index (χ4n) is 11.5. The minimum absolute atomic E-state index is 0.00130. The Morgan fingerprint density at radius 1 is 0.962 bits per heavy atom. The van der Waals surface area contributed by atoms with Gasteiger partial charge in [0.15, 0.2) is 17.4 Å². The number of phenols is 1. The summed E-state index contributed by atoms with van der Waals surface area (Å²) >= 11 is 8.54. The lowest BCUT2D eigenvalue weighted by Crippen LogP contribution is -2.48. The number of fused-ring (bicyclic) bond motifs is 2. The predicted molar refractivity (Wildman–Crippen MR) is 303 cm³/mol. The summed E-state index contributed by atoms with van der Waals surface area (Å²) in [6.07, 6.45) is 2.17. The van der Waals surface area contributed by atoms with Crippen molar-refractivity contribution < 1.29 is 43.0 Å². The van der Waals surface area contributed by atoms with Crippen molar-refractivity contribution in [2.75, 3.05) is 63.9 Å². The van der Waals surface area contributed by atoms with Gasteiger partial charge in [-0.05, 0) is 114 Å². The first-order chi connectivity index (χ1) is 38.0. The number of Topliss-reactive ketones (excluding diaryl/α,β-unsaturated/α-hetero) is 1. The zero-order chi connectivity index (χ0) is 55.6. The molecule has 0 radical (unpaired) electrons. The van der Waals surface area contributed by atoms with Gasteiger partial charge in [-0.15, -0.1) is 11.3 Å². The van der Waals surface area contributed by atoms with Gasteiger partial charge in [0.05, 0.1) is 39.9 Å². The van der Waals surface area contributed by atoms with Gasteiger partial charge in [-0.25, -0.2) is 9.37 Å². The summed E-state index contributed by atoms with van der Waals surface area (Å²) in [5, 5.41) is 27.7. The number of aromatic nitrogens is 4. The van der Waals surface area contributed by atoms with Crippen molar-refractivity contribution in [2.24, 2.45) is 11.8 Å². The summed E-state index contributed by atoms with van der Waals surface area (Å²) in [7, 11) is 0. The molecule has 10 rings (SSSR count). The number of hydrogen-bond donors (Lipinski definition) is 2. The number of thiazole rings is 1. The topological polar surface area (TPSA) is 188 Å². The van der Waals surface area contributed by atoms with E-state index in [9.17, 15) is 24.6 Å². The molecule has 0 aliphatic carbocycles. The van der Waals surface area contributed by atoms with Gasteiger partial charge in [0.25, 0.3) is 5.88 Å². The molecule has 6 heterocycles. The van der Waals surface area contributed by atoms with E-state index in [0.717, 1.165) is 53.0 Å². The fourth-order valence-corrected chi connectivity index (χ4v) is 12.6. The molecular weight excluding hydrogens is 1050 g/mol. The Balaban J connectivity index is 0.759. The highest BCUT2D eigenvalue weighted by molar-refractivity contribution is 7.13. The van der Waals surface area contributed by atoms with Gasteiger partial charge in [0, 0.05) is 69.1 Å². The number of carbonyl (C=O) groups is 3. The van der Waals surface area contributed by atoms with Crippen LogP contribution in [-0.4, -0.2) is 140 Å². The average molecular weight is 1110 g/mol. The Morgan fingerprint density at radius 3 is 2.42 bits per heavy atom. The van der Waals surface area contributed by atoms with Crippen molar-refractivity contribution in [1.82, 2.24) is 34.8 Å². The predicted octanol–water partition coefficient (Wildman–Crippen LogP) is 10.2. The molecule has 4 aromatic carbocycles. The Kier molecular flexibility index (Phi) is 16.6. The van der Waals surface area contributed by atoms with Crippen LogP contribution in [-0.2, 0) is 14.4 Å². The van der Waals surface area contributed by atoms with Crippen LogP contribution in [0.1, 0.15) is 82.2 Å². The van der Waals surface area contributed by atoms with Crippen molar-refractivity contribution in [1.29, 1.82) is 0 Å². The molecule has 0 unspecified atom stereocenters. The largest absolute Gasteiger partial charge is 0.508 e. The molecule has 79 heavy (non-hydrogen) atoms.